The second kappa shape index (κ2) is 10.1. The number of likely N-dealkylation sites (N-methyl/N-ethyl adjacent to an activating group) is 1. The van der Waals surface area contributed by atoms with E-state index < -0.39 is 10.7 Å². The number of para-hydroxylation sites is 1. The highest BCUT2D eigenvalue weighted by atomic mass is 32.2. The standard InChI is InChI=1S/C21H22N4O6S/c1-23(13-19(26)22-15-6-3-4-7-18(15)32-2)20(27)8-5-11-24-16-10-9-14(25(29)30)12-17(16)31-21(24)28/h3-4,6-7,9-10,12H,5,8,11,13H2,1-2H3,(H,22,26). The number of aromatic nitrogens is 1. The molecule has 3 aromatic rings. The average molecular weight is 458 g/mol. The Labute approximate surface area is 187 Å². The number of anilines is 1. The minimum atomic E-state index is -0.645. The number of amides is 2. The summed E-state index contributed by atoms with van der Waals surface area (Å²) in [7, 11) is 1.54. The molecule has 11 heteroatoms. The molecule has 0 aliphatic carbocycles. The highest BCUT2D eigenvalue weighted by molar-refractivity contribution is 7.98. The summed E-state index contributed by atoms with van der Waals surface area (Å²) in [4.78, 5) is 49.3. The Morgan fingerprint density at radius 2 is 2.00 bits per heavy atom. The maximum Gasteiger partial charge on any atom is 0.419 e. The predicted molar refractivity (Wildman–Crippen MR) is 121 cm³/mol. The van der Waals surface area contributed by atoms with Gasteiger partial charge in [0.25, 0.3) is 5.69 Å². The molecular formula is C21H22N4O6S. The van der Waals surface area contributed by atoms with E-state index in [1.165, 1.54) is 39.4 Å². The smallest absolute Gasteiger partial charge is 0.407 e. The van der Waals surface area contributed by atoms with E-state index in [4.69, 9.17) is 4.42 Å². The van der Waals surface area contributed by atoms with Crippen LogP contribution in [-0.4, -0.2) is 46.1 Å². The van der Waals surface area contributed by atoms with E-state index in [0.29, 0.717) is 17.6 Å². The Morgan fingerprint density at radius 3 is 2.72 bits per heavy atom. The number of thioether (sulfide) groups is 1. The van der Waals surface area contributed by atoms with Gasteiger partial charge in [0, 0.05) is 31.0 Å². The average Bonchev–Trinajstić information content (AvgIpc) is 3.08. The molecule has 0 radical (unpaired) electrons. The monoisotopic (exact) mass is 458 g/mol. The van der Waals surface area contributed by atoms with Crippen LogP contribution in [0, 0.1) is 10.1 Å². The predicted octanol–water partition coefficient (Wildman–Crippen LogP) is 3.10. The van der Waals surface area contributed by atoms with E-state index in [2.05, 4.69) is 5.32 Å². The van der Waals surface area contributed by atoms with Crippen molar-refractivity contribution >= 4 is 46.1 Å². The van der Waals surface area contributed by atoms with Crippen LogP contribution < -0.4 is 11.1 Å². The number of nitrogens with one attached hydrogen (secondary N) is 1. The van der Waals surface area contributed by atoms with Crippen molar-refractivity contribution in [1.29, 1.82) is 0 Å². The van der Waals surface area contributed by atoms with Gasteiger partial charge in [-0.2, -0.15) is 0 Å². The van der Waals surface area contributed by atoms with E-state index in [9.17, 15) is 24.5 Å². The van der Waals surface area contributed by atoms with E-state index in [1.807, 2.05) is 24.5 Å². The number of hydrogen-bond acceptors (Lipinski definition) is 7. The Kier molecular flexibility index (Phi) is 7.31. The molecule has 0 saturated carbocycles. The number of rotatable bonds is 9. The van der Waals surface area contributed by atoms with Crippen LogP contribution >= 0.6 is 11.8 Å². The molecule has 32 heavy (non-hydrogen) atoms. The van der Waals surface area contributed by atoms with Gasteiger partial charge in [0.2, 0.25) is 11.8 Å². The van der Waals surface area contributed by atoms with Crippen LogP contribution in [0.3, 0.4) is 0 Å². The van der Waals surface area contributed by atoms with Gasteiger partial charge in [-0.05, 0) is 30.9 Å². The van der Waals surface area contributed by atoms with Crippen molar-refractivity contribution in [3.63, 3.8) is 0 Å². The molecule has 2 amide bonds. The molecule has 0 bridgehead atoms. The molecule has 2 aromatic carbocycles. The molecule has 0 fully saturated rings. The van der Waals surface area contributed by atoms with Gasteiger partial charge >= 0.3 is 5.76 Å². The van der Waals surface area contributed by atoms with Gasteiger partial charge in [0.1, 0.15) is 0 Å². The largest absolute Gasteiger partial charge is 0.419 e. The van der Waals surface area contributed by atoms with Gasteiger partial charge in [-0.1, -0.05) is 12.1 Å². The summed E-state index contributed by atoms with van der Waals surface area (Å²) in [5.41, 5.74) is 1.06. The topological polar surface area (TPSA) is 128 Å². The number of hydrogen-bond donors (Lipinski definition) is 1. The van der Waals surface area contributed by atoms with Crippen LogP contribution in [0.2, 0.25) is 0 Å². The number of nitrogens with zero attached hydrogens (tertiary/aromatic N) is 3. The van der Waals surface area contributed by atoms with Gasteiger partial charge in [0.05, 0.1) is 28.7 Å². The summed E-state index contributed by atoms with van der Waals surface area (Å²) in [6.45, 7) is 0.107. The number of benzene rings is 2. The highest BCUT2D eigenvalue weighted by Gasteiger charge is 2.16. The summed E-state index contributed by atoms with van der Waals surface area (Å²) in [6.07, 6.45) is 2.37. The summed E-state index contributed by atoms with van der Waals surface area (Å²) in [6, 6.07) is 11.3. The number of nitro groups is 1. The zero-order chi connectivity index (χ0) is 23.3. The molecule has 0 spiro atoms. The second-order valence-electron chi connectivity index (χ2n) is 7.03. The number of non-ortho nitro benzene ring substituents is 1. The maximum absolute atomic E-state index is 12.4. The molecule has 10 nitrogen and oxygen atoms in total. The van der Waals surface area contributed by atoms with E-state index in [0.717, 1.165) is 4.90 Å². The molecule has 1 aromatic heterocycles. The van der Waals surface area contributed by atoms with Crippen molar-refractivity contribution in [3.05, 3.63) is 63.1 Å². The van der Waals surface area contributed by atoms with Crippen molar-refractivity contribution in [1.82, 2.24) is 9.47 Å². The molecule has 0 saturated heterocycles. The Balaban J connectivity index is 1.54. The van der Waals surface area contributed by atoms with Crippen LogP contribution in [-0.2, 0) is 16.1 Å². The van der Waals surface area contributed by atoms with Crippen molar-refractivity contribution in [2.24, 2.45) is 0 Å². The van der Waals surface area contributed by atoms with E-state index in [-0.39, 0.29) is 42.6 Å². The fraction of sp³-hybridized carbons (Fsp3) is 0.286. The zero-order valence-corrected chi connectivity index (χ0v) is 18.4. The lowest BCUT2D eigenvalue weighted by Crippen LogP contribution is -2.35. The number of aryl methyl sites for hydroxylation is 1. The third-order valence-electron chi connectivity index (χ3n) is 4.82. The first-order valence-corrected chi connectivity index (χ1v) is 11.0. The molecule has 0 aliphatic rings. The number of fused-ring (bicyclic) bond motifs is 1. The van der Waals surface area contributed by atoms with E-state index >= 15 is 0 Å². The SMILES string of the molecule is CSc1ccccc1NC(=O)CN(C)C(=O)CCCn1c(=O)oc2cc([N+](=O)[O-])ccc21. The minimum absolute atomic E-state index is 0.0974. The summed E-state index contributed by atoms with van der Waals surface area (Å²) in [5, 5.41) is 13.7. The summed E-state index contributed by atoms with van der Waals surface area (Å²) < 4.78 is 6.41. The Morgan fingerprint density at radius 1 is 1.25 bits per heavy atom. The van der Waals surface area contributed by atoms with Crippen molar-refractivity contribution in [2.75, 3.05) is 25.2 Å². The lowest BCUT2D eigenvalue weighted by atomic mass is 10.2. The first-order valence-electron chi connectivity index (χ1n) is 9.74. The van der Waals surface area contributed by atoms with Crippen LogP contribution in [0.15, 0.2) is 56.6 Å². The molecule has 168 valence electrons. The Hall–Kier alpha value is -3.60. The molecule has 0 aliphatic heterocycles. The summed E-state index contributed by atoms with van der Waals surface area (Å²) >= 11 is 1.51. The number of nitro benzene ring substituents is 1. The summed E-state index contributed by atoms with van der Waals surface area (Å²) in [5.74, 6) is -1.19. The molecular weight excluding hydrogens is 436 g/mol. The van der Waals surface area contributed by atoms with Crippen molar-refractivity contribution in [3.8, 4) is 0 Å². The van der Waals surface area contributed by atoms with Crippen molar-refractivity contribution < 1.29 is 18.9 Å². The second-order valence-corrected chi connectivity index (χ2v) is 7.88. The van der Waals surface area contributed by atoms with Crippen LogP contribution in [0.25, 0.3) is 11.1 Å². The maximum atomic E-state index is 12.4. The quantitative estimate of drug-likeness (QED) is 0.296. The van der Waals surface area contributed by atoms with Gasteiger partial charge < -0.3 is 14.6 Å². The molecule has 1 N–H and O–H groups in total. The van der Waals surface area contributed by atoms with Gasteiger partial charge in [-0.15, -0.1) is 11.8 Å². The van der Waals surface area contributed by atoms with Crippen LogP contribution in [0.1, 0.15) is 12.8 Å². The first kappa shape index (κ1) is 23.1. The minimum Gasteiger partial charge on any atom is -0.407 e. The van der Waals surface area contributed by atoms with Gasteiger partial charge in [-0.3, -0.25) is 24.3 Å². The first-order chi connectivity index (χ1) is 15.3. The third kappa shape index (κ3) is 5.35. The lowest BCUT2D eigenvalue weighted by molar-refractivity contribution is -0.384. The zero-order valence-electron chi connectivity index (χ0n) is 17.6. The normalized spacial score (nSPS) is 10.8. The molecule has 0 unspecified atom stereocenters. The fourth-order valence-electron chi connectivity index (χ4n) is 3.20. The van der Waals surface area contributed by atoms with Crippen molar-refractivity contribution in [2.45, 2.75) is 24.3 Å². The third-order valence-corrected chi connectivity index (χ3v) is 5.62. The number of carbonyl (C=O) groups excluding carboxylic acids is 2. The molecule has 0 atom stereocenters. The highest BCUT2D eigenvalue weighted by Crippen LogP contribution is 2.24. The van der Waals surface area contributed by atoms with Gasteiger partial charge in [-0.25, -0.2) is 4.79 Å². The number of oxazole rings is 1. The van der Waals surface area contributed by atoms with Crippen LogP contribution in [0.5, 0.6) is 0 Å². The fourth-order valence-corrected chi connectivity index (χ4v) is 3.75. The van der Waals surface area contributed by atoms with Crippen LogP contribution in [0.4, 0.5) is 11.4 Å². The molecule has 3 rings (SSSR count). The lowest BCUT2D eigenvalue weighted by Gasteiger charge is -2.17. The van der Waals surface area contributed by atoms with E-state index in [1.54, 1.807) is 13.1 Å². The molecule has 1 heterocycles. The Bertz CT molecular complexity index is 1220. The number of carbonyl (C=O) groups is 2. The van der Waals surface area contributed by atoms with Gasteiger partial charge in [0.15, 0.2) is 5.58 Å².